The summed E-state index contributed by atoms with van der Waals surface area (Å²) in [5.74, 6) is 2.74. The Labute approximate surface area is 132 Å². The Morgan fingerprint density at radius 2 is 1.62 bits per heavy atom. The first kappa shape index (κ1) is 15.8. The smallest absolute Gasteiger partial charge is 0.0244 e. The lowest BCUT2D eigenvalue weighted by molar-refractivity contribution is 0.0594. The number of hydrogen-bond donors (Lipinski definition) is 1. The highest BCUT2D eigenvalue weighted by Gasteiger charge is 2.35. The fourth-order valence-electron chi connectivity index (χ4n) is 5.10. The molecule has 21 heavy (non-hydrogen) atoms. The molecule has 1 N–H and O–H groups in total. The van der Waals surface area contributed by atoms with Gasteiger partial charge < -0.3 is 5.32 Å². The summed E-state index contributed by atoms with van der Waals surface area (Å²) in [6.07, 6.45) is 13.3. The molecule has 0 amide bonds. The van der Waals surface area contributed by atoms with E-state index in [1.165, 1.54) is 77.4 Å². The number of nitrogens with zero attached hydrogens (tertiary/aromatic N) is 1. The zero-order chi connectivity index (χ0) is 14.7. The van der Waals surface area contributed by atoms with E-state index in [0.717, 1.165) is 29.8 Å². The van der Waals surface area contributed by atoms with Gasteiger partial charge in [0.25, 0.3) is 0 Å². The standard InChI is InChI=1S/C19H36N2/c1-15(2)19-12-20-18(17-10-4-3-5-11-17)14-21(19)13-16-8-6-7-9-16/h15-20H,3-14H2,1-2H3. The van der Waals surface area contributed by atoms with Crippen molar-refractivity contribution in [2.45, 2.75) is 83.7 Å². The van der Waals surface area contributed by atoms with Gasteiger partial charge in [-0.3, -0.25) is 4.90 Å². The van der Waals surface area contributed by atoms with Crippen LogP contribution in [-0.4, -0.2) is 36.6 Å². The van der Waals surface area contributed by atoms with Crippen molar-refractivity contribution in [3.05, 3.63) is 0 Å². The zero-order valence-corrected chi connectivity index (χ0v) is 14.3. The van der Waals surface area contributed by atoms with Crippen LogP contribution in [0.4, 0.5) is 0 Å². The van der Waals surface area contributed by atoms with Crippen LogP contribution >= 0.6 is 0 Å². The second kappa shape index (κ2) is 7.46. The molecule has 0 radical (unpaired) electrons. The highest BCUT2D eigenvalue weighted by atomic mass is 15.2. The Kier molecular flexibility index (Phi) is 5.61. The number of rotatable bonds is 4. The molecule has 0 aromatic heterocycles. The maximum Gasteiger partial charge on any atom is 0.0244 e. The second-order valence-electron chi connectivity index (χ2n) is 8.33. The molecule has 1 heterocycles. The van der Waals surface area contributed by atoms with E-state index in [1.807, 2.05) is 0 Å². The Hall–Kier alpha value is -0.0800. The Morgan fingerprint density at radius 3 is 2.29 bits per heavy atom. The molecule has 3 fully saturated rings. The summed E-state index contributed by atoms with van der Waals surface area (Å²) >= 11 is 0. The van der Waals surface area contributed by atoms with Crippen LogP contribution in [0.25, 0.3) is 0 Å². The van der Waals surface area contributed by atoms with E-state index < -0.39 is 0 Å². The van der Waals surface area contributed by atoms with Gasteiger partial charge in [0.15, 0.2) is 0 Å². The summed E-state index contributed by atoms with van der Waals surface area (Å²) in [7, 11) is 0. The van der Waals surface area contributed by atoms with Gasteiger partial charge in [-0.2, -0.15) is 0 Å². The molecule has 1 aliphatic heterocycles. The second-order valence-corrected chi connectivity index (χ2v) is 8.33. The average Bonchev–Trinajstić information content (AvgIpc) is 3.01. The van der Waals surface area contributed by atoms with Crippen molar-refractivity contribution >= 4 is 0 Å². The van der Waals surface area contributed by atoms with Gasteiger partial charge >= 0.3 is 0 Å². The van der Waals surface area contributed by atoms with Gasteiger partial charge in [-0.15, -0.1) is 0 Å². The Morgan fingerprint density at radius 1 is 0.952 bits per heavy atom. The van der Waals surface area contributed by atoms with Crippen LogP contribution in [0.1, 0.15) is 71.6 Å². The van der Waals surface area contributed by atoms with Crippen LogP contribution in [0.5, 0.6) is 0 Å². The maximum atomic E-state index is 3.93. The van der Waals surface area contributed by atoms with Crippen LogP contribution in [0, 0.1) is 17.8 Å². The molecule has 2 unspecified atom stereocenters. The van der Waals surface area contributed by atoms with Gasteiger partial charge in [-0.25, -0.2) is 0 Å². The van der Waals surface area contributed by atoms with Crippen LogP contribution in [0.15, 0.2) is 0 Å². The third-order valence-electron chi connectivity index (χ3n) is 6.45. The van der Waals surface area contributed by atoms with E-state index in [4.69, 9.17) is 0 Å². The lowest BCUT2D eigenvalue weighted by Gasteiger charge is -2.46. The summed E-state index contributed by atoms with van der Waals surface area (Å²) in [5.41, 5.74) is 0. The third-order valence-corrected chi connectivity index (χ3v) is 6.45. The highest BCUT2D eigenvalue weighted by molar-refractivity contribution is 4.92. The molecule has 2 heteroatoms. The van der Waals surface area contributed by atoms with Crippen LogP contribution in [0.2, 0.25) is 0 Å². The molecule has 2 nitrogen and oxygen atoms in total. The van der Waals surface area contributed by atoms with Gasteiger partial charge in [0.05, 0.1) is 0 Å². The Bertz CT molecular complexity index is 303. The average molecular weight is 293 g/mol. The van der Waals surface area contributed by atoms with Gasteiger partial charge in [-0.1, -0.05) is 46.0 Å². The fourth-order valence-corrected chi connectivity index (χ4v) is 5.10. The normalized spacial score (nSPS) is 33.9. The molecule has 0 aromatic rings. The monoisotopic (exact) mass is 292 g/mol. The lowest BCUT2D eigenvalue weighted by atomic mass is 9.82. The Balaban J connectivity index is 1.60. The first-order valence-electron chi connectivity index (χ1n) is 9.71. The van der Waals surface area contributed by atoms with Crippen molar-refractivity contribution in [1.82, 2.24) is 10.2 Å². The molecule has 0 spiro atoms. The molecule has 0 aromatic carbocycles. The molecular weight excluding hydrogens is 256 g/mol. The van der Waals surface area contributed by atoms with Crippen LogP contribution < -0.4 is 5.32 Å². The van der Waals surface area contributed by atoms with Crippen molar-refractivity contribution in [2.75, 3.05) is 19.6 Å². The van der Waals surface area contributed by atoms with Crippen molar-refractivity contribution in [3.8, 4) is 0 Å². The SMILES string of the molecule is CC(C)C1CNC(C2CCCCC2)CN1CC1CCCC1. The highest BCUT2D eigenvalue weighted by Crippen LogP contribution is 2.31. The van der Waals surface area contributed by atoms with Crippen molar-refractivity contribution in [2.24, 2.45) is 17.8 Å². The van der Waals surface area contributed by atoms with Crippen LogP contribution in [0.3, 0.4) is 0 Å². The van der Waals surface area contributed by atoms with E-state index in [0.29, 0.717) is 0 Å². The van der Waals surface area contributed by atoms with Gasteiger partial charge in [0, 0.05) is 31.7 Å². The molecule has 2 atom stereocenters. The van der Waals surface area contributed by atoms with E-state index in [1.54, 1.807) is 0 Å². The predicted octanol–water partition coefficient (Wildman–Crippen LogP) is 4.06. The van der Waals surface area contributed by atoms with E-state index in [-0.39, 0.29) is 0 Å². The topological polar surface area (TPSA) is 15.3 Å². The van der Waals surface area contributed by atoms with Crippen molar-refractivity contribution < 1.29 is 0 Å². The van der Waals surface area contributed by atoms with E-state index in [2.05, 4.69) is 24.1 Å². The summed E-state index contributed by atoms with van der Waals surface area (Å²) < 4.78 is 0. The first-order chi connectivity index (χ1) is 10.2. The van der Waals surface area contributed by atoms with Gasteiger partial charge in [0.1, 0.15) is 0 Å². The lowest BCUT2D eigenvalue weighted by Crippen LogP contribution is -2.61. The van der Waals surface area contributed by atoms with Gasteiger partial charge in [-0.05, 0) is 43.4 Å². The summed E-state index contributed by atoms with van der Waals surface area (Å²) in [4.78, 5) is 2.89. The molecule has 0 bridgehead atoms. The predicted molar refractivity (Wildman–Crippen MR) is 90.5 cm³/mol. The number of hydrogen-bond acceptors (Lipinski definition) is 2. The molecular formula is C19H36N2. The van der Waals surface area contributed by atoms with E-state index in [9.17, 15) is 0 Å². The maximum absolute atomic E-state index is 3.93. The third kappa shape index (κ3) is 4.01. The summed E-state index contributed by atoms with van der Waals surface area (Å²) in [6, 6.07) is 1.55. The molecule has 122 valence electrons. The minimum atomic E-state index is 0.769. The van der Waals surface area contributed by atoms with E-state index >= 15 is 0 Å². The molecule has 2 saturated carbocycles. The minimum Gasteiger partial charge on any atom is -0.311 e. The van der Waals surface area contributed by atoms with Crippen molar-refractivity contribution in [3.63, 3.8) is 0 Å². The molecule has 1 saturated heterocycles. The first-order valence-corrected chi connectivity index (χ1v) is 9.71. The number of nitrogens with one attached hydrogen (secondary N) is 1. The fraction of sp³-hybridized carbons (Fsp3) is 1.00. The molecule has 3 rings (SSSR count). The zero-order valence-electron chi connectivity index (χ0n) is 14.3. The van der Waals surface area contributed by atoms with Crippen molar-refractivity contribution in [1.29, 1.82) is 0 Å². The largest absolute Gasteiger partial charge is 0.311 e. The molecule has 2 aliphatic carbocycles. The minimum absolute atomic E-state index is 0.769. The van der Waals surface area contributed by atoms with Crippen LogP contribution in [-0.2, 0) is 0 Å². The quantitative estimate of drug-likeness (QED) is 0.841. The number of piperazine rings is 1. The molecule has 3 aliphatic rings. The summed E-state index contributed by atoms with van der Waals surface area (Å²) in [6.45, 7) is 8.76. The summed E-state index contributed by atoms with van der Waals surface area (Å²) in [5, 5.41) is 3.93. The van der Waals surface area contributed by atoms with Gasteiger partial charge in [0.2, 0.25) is 0 Å².